The molecule has 0 saturated heterocycles. The highest BCUT2D eigenvalue weighted by Gasteiger charge is 2.01. The van der Waals surface area contributed by atoms with E-state index in [-0.39, 0.29) is 19.1 Å². The summed E-state index contributed by atoms with van der Waals surface area (Å²) in [6.07, 6.45) is 0. The van der Waals surface area contributed by atoms with E-state index in [9.17, 15) is 14.4 Å². The van der Waals surface area contributed by atoms with E-state index in [1.165, 1.54) is 20.8 Å². The van der Waals surface area contributed by atoms with Crippen LogP contribution in [0.15, 0.2) is 0 Å². The van der Waals surface area contributed by atoms with Gasteiger partial charge in [-0.3, -0.25) is 14.4 Å². The Morgan fingerprint density at radius 1 is 0.667 bits per heavy atom. The zero-order chi connectivity index (χ0) is 20.5. The number of thiol groups is 3. The lowest BCUT2D eigenvalue weighted by Crippen LogP contribution is -2.06. The molecule has 0 amide bonds. The Morgan fingerprint density at radius 3 is 0.792 bits per heavy atom. The van der Waals surface area contributed by atoms with Gasteiger partial charge in [-0.2, -0.15) is 37.9 Å². The second kappa shape index (κ2) is 20.4. The molecule has 146 valence electrons. The third kappa shape index (κ3) is 37.5. The summed E-state index contributed by atoms with van der Waals surface area (Å²) in [5, 5.41) is 38.5. The molecule has 0 aromatic carbocycles. The fraction of sp³-hybridized carbons (Fsp3) is 0.769. The number of aliphatic hydroxyl groups excluding tert-OH is 2. The first kappa shape index (κ1) is 31.2. The van der Waals surface area contributed by atoms with Crippen LogP contribution in [0, 0.1) is 5.92 Å². The molecule has 0 spiro atoms. The van der Waals surface area contributed by atoms with E-state index in [1.807, 2.05) is 0 Å². The van der Waals surface area contributed by atoms with E-state index in [1.54, 1.807) is 6.92 Å². The van der Waals surface area contributed by atoms with Crippen LogP contribution in [-0.2, 0) is 14.4 Å². The number of hydrogen-bond acceptors (Lipinski definition) is 8. The summed E-state index contributed by atoms with van der Waals surface area (Å²) in [5.41, 5.74) is 0. The maximum absolute atomic E-state index is 9.62. The van der Waals surface area contributed by atoms with Crippen molar-refractivity contribution in [1.82, 2.24) is 0 Å². The first-order valence-corrected chi connectivity index (χ1v) is 8.23. The zero-order valence-corrected chi connectivity index (χ0v) is 16.7. The molecule has 0 aliphatic rings. The maximum atomic E-state index is 9.62. The average molecular weight is 409 g/mol. The highest BCUT2D eigenvalue weighted by Crippen LogP contribution is 1.89. The molecule has 0 radical (unpaired) electrons. The summed E-state index contributed by atoms with van der Waals surface area (Å²) in [5.74, 6) is -2.58. The highest BCUT2D eigenvalue weighted by molar-refractivity contribution is 7.82. The molecular weight excluding hydrogens is 380 g/mol. The van der Waals surface area contributed by atoms with Gasteiger partial charge >= 0.3 is 17.9 Å². The molecule has 3 atom stereocenters. The number of hydrogen-bond donors (Lipinski definition) is 8. The van der Waals surface area contributed by atoms with Gasteiger partial charge in [-0.05, 0) is 20.8 Å². The van der Waals surface area contributed by atoms with E-state index in [2.05, 4.69) is 37.9 Å². The Labute approximate surface area is 158 Å². The molecule has 0 fully saturated rings. The molecular formula is C13H28O8S3. The van der Waals surface area contributed by atoms with Crippen LogP contribution in [0.1, 0.15) is 27.7 Å². The third-order valence-corrected chi connectivity index (χ3v) is 2.36. The van der Waals surface area contributed by atoms with E-state index in [0.717, 1.165) is 0 Å². The zero-order valence-electron chi connectivity index (χ0n) is 14.0. The van der Waals surface area contributed by atoms with Gasteiger partial charge in [0.15, 0.2) is 0 Å². The van der Waals surface area contributed by atoms with Gasteiger partial charge in [0.2, 0.25) is 0 Å². The van der Waals surface area contributed by atoms with Crippen LogP contribution in [0.2, 0.25) is 0 Å². The Hall–Kier alpha value is -0.620. The standard InChI is InChI=1S/C4H10O2.3C3H6O2S/c1-4(2-5)3-6;3*1-2(6)3(4)5/h4-6H,2-3H2,1H3;3*2,6H,1H3,(H,4,5). The summed E-state index contributed by atoms with van der Waals surface area (Å²) < 4.78 is 0. The minimum absolute atomic E-state index is 0.0463. The summed E-state index contributed by atoms with van der Waals surface area (Å²) in [4.78, 5) is 28.9. The third-order valence-electron chi connectivity index (χ3n) is 1.70. The Balaban J connectivity index is -0.000000111. The number of rotatable bonds is 5. The number of carbonyl (C=O) groups is 3. The van der Waals surface area contributed by atoms with Crippen LogP contribution < -0.4 is 0 Å². The topological polar surface area (TPSA) is 152 Å². The average Bonchev–Trinajstić information content (AvgIpc) is 2.47. The number of aliphatic hydroxyl groups is 2. The number of carboxylic acids is 3. The van der Waals surface area contributed by atoms with Gasteiger partial charge in [0, 0.05) is 19.1 Å². The van der Waals surface area contributed by atoms with E-state index < -0.39 is 33.7 Å². The largest absolute Gasteiger partial charge is 0.480 e. The summed E-state index contributed by atoms with van der Waals surface area (Å²) in [6.45, 7) is 6.45. The molecule has 5 N–H and O–H groups in total. The Kier molecular flexibility index (Phi) is 26.5. The van der Waals surface area contributed by atoms with Crippen LogP contribution in [0.25, 0.3) is 0 Å². The van der Waals surface area contributed by atoms with Crippen LogP contribution >= 0.6 is 37.9 Å². The molecule has 3 unspecified atom stereocenters. The molecule has 0 aliphatic carbocycles. The van der Waals surface area contributed by atoms with Crippen LogP contribution in [0.4, 0.5) is 0 Å². The minimum Gasteiger partial charge on any atom is -0.480 e. The van der Waals surface area contributed by atoms with Crippen molar-refractivity contribution in [2.75, 3.05) is 13.2 Å². The monoisotopic (exact) mass is 408 g/mol. The lowest BCUT2D eigenvalue weighted by atomic mass is 10.2. The molecule has 0 aliphatic heterocycles. The molecule has 0 rings (SSSR count). The van der Waals surface area contributed by atoms with Crippen molar-refractivity contribution in [3.8, 4) is 0 Å². The molecule has 11 heteroatoms. The number of aliphatic carboxylic acids is 3. The van der Waals surface area contributed by atoms with Crippen LogP contribution in [0.3, 0.4) is 0 Å². The van der Waals surface area contributed by atoms with Gasteiger partial charge < -0.3 is 25.5 Å². The minimum atomic E-state index is -0.877. The van der Waals surface area contributed by atoms with Crippen LogP contribution in [0.5, 0.6) is 0 Å². The molecule has 24 heavy (non-hydrogen) atoms. The van der Waals surface area contributed by atoms with Gasteiger partial charge in [-0.25, -0.2) is 0 Å². The Morgan fingerprint density at radius 2 is 0.792 bits per heavy atom. The molecule has 0 aromatic heterocycles. The summed E-state index contributed by atoms with van der Waals surface area (Å²) in [6, 6.07) is 0. The van der Waals surface area contributed by atoms with Gasteiger partial charge in [0.25, 0.3) is 0 Å². The van der Waals surface area contributed by atoms with Crippen molar-refractivity contribution in [1.29, 1.82) is 0 Å². The van der Waals surface area contributed by atoms with Crippen LogP contribution in [-0.4, -0.2) is 72.4 Å². The predicted octanol–water partition coefficient (Wildman–Crippen LogP) is 0.775. The van der Waals surface area contributed by atoms with Gasteiger partial charge in [0.05, 0.1) is 15.7 Å². The van der Waals surface area contributed by atoms with Crippen molar-refractivity contribution in [3.05, 3.63) is 0 Å². The van der Waals surface area contributed by atoms with Crippen molar-refractivity contribution in [2.45, 2.75) is 43.4 Å². The summed E-state index contributed by atoms with van der Waals surface area (Å²) in [7, 11) is 0. The highest BCUT2D eigenvalue weighted by atomic mass is 32.1. The molecule has 8 nitrogen and oxygen atoms in total. The predicted molar refractivity (Wildman–Crippen MR) is 102 cm³/mol. The molecule has 0 saturated carbocycles. The summed E-state index contributed by atoms with van der Waals surface area (Å²) >= 11 is 10.8. The van der Waals surface area contributed by atoms with E-state index >= 15 is 0 Å². The first-order chi connectivity index (χ1) is 10.7. The maximum Gasteiger partial charge on any atom is 0.316 e. The second-order valence-corrected chi connectivity index (χ2v) is 6.84. The SMILES string of the molecule is CC(CO)CO.CC(S)C(=O)O.CC(S)C(=O)O.CC(S)C(=O)O. The normalized spacial score (nSPS) is 12.8. The Bertz CT molecular complexity index is 288. The molecule has 0 heterocycles. The van der Waals surface area contributed by atoms with Gasteiger partial charge in [-0.1, -0.05) is 6.92 Å². The van der Waals surface area contributed by atoms with Crippen molar-refractivity contribution in [2.24, 2.45) is 5.92 Å². The van der Waals surface area contributed by atoms with Crippen molar-refractivity contribution < 1.29 is 39.9 Å². The fourth-order valence-electron chi connectivity index (χ4n) is 0.0577. The van der Waals surface area contributed by atoms with Crippen molar-refractivity contribution >= 4 is 55.8 Å². The molecule has 0 aromatic rings. The number of carboxylic acid groups (broad SMARTS) is 3. The smallest absolute Gasteiger partial charge is 0.316 e. The second-order valence-electron chi connectivity index (χ2n) is 4.51. The lowest BCUT2D eigenvalue weighted by Gasteiger charge is -1.97. The van der Waals surface area contributed by atoms with Gasteiger partial charge in [0.1, 0.15) is 0 Å². The van der Waals surface area contributed by atoms with Gasteiger partial charge in [-0.15, -0.1) is 0 Å². The van der Waals surface area contributed by atoms with Crippen molar-refractivity contribution in [3.63, 3.8) is 0 Å². The van der Waals surface area contributed by atoms with E-state index in [0.29, 0.717) is 0 Å². The fourth-order valence-corrected chi connectivity index (χ4v) is 0.0577. The first-order valence-electron chi connectivity index (χ1n) is 6.68. The molecule has 0 bridgehead atoms. The lowest BCUT2D eigenvalue weighted by molar-refractivity contribution is -0.137. The quantitative estimate of drug-likeness (QED) is 0.311. The van der Waals surface area contributed by atoms with E-state index in [4.69, 9.17) is 25.5 Å².